The van der Waals surface area contributed by atoms with Gasteiger partial charge in [0.25, 0.3) is 0 Å². The predicted octanol–water partition coefficient (Wildman–Crippen LogP) is 4.21. The number of nitrogens with zero attached hydrogens (tertiary/aromatic N) is 2. The minimum absolute atomic E-state index is 0.328. The molecule has 88 valence electrons. The average molecular weight is 271 g/mol. The fourth-order valence-electron chi connectivity index (χ4n) is 1.54. The van der Waals surface area contributed by atoms with Gasteiger partial charge in [0.2, 0.25) is 0 Å². The van der Waals surface area contributed by atoms with Crippen molar-refractivity contribution < 1.29 is 4.39 Å². The SMILES string of the molecule is Cc1c(Cl)nnc(-c2cc(F)cc(Cl)c2)c1C. The summed E-state index contributed by atoms with van der Waals surface area (Å²) in [5, 5.41) is 8.49. The minimum atomic E-state index is -0.402. The van der Waals surface area contributed by atoms with Crippen molar-refractivity contribution in [2.45, 2.75) is 13.8 Å². The van der Waals surface area contributed by atoms with Gasteiger partial charge in [0.1, 0.15) is 5.82 Å². The van der Waals surface area contributed by atoms with E-state index in [0.29, 0.717) is 21.4 Å². The van der Waals surface area contributed by atoms with Crippen LogP contribution in [-0.4, -0.2) is 10.2 Å². The van der Waals surface area contributed by atoms with Gasteiger partial charge in [-0.3, -0.25) is 0 Å². The van der Waals surface area contributed by atoms with E-state index in [1.807, 2.05) is 13.8 Å². The highest BCUT2D eigenvalue weighted by Crippen LogP contribution is 2.28. The standard InChI is InChI=1S/C12H9Cl2FN2/c1-6-7(2)12(14)17-16-11(6)8-3-9(13)5-10(15)4-8/h3-5H,1-2H3. The highest BCUT2D eigenvalue weighted by molar-refractivity contribution is 6.31. The molecule has 0 bridgehead atoms. The van der Waals surface area contributed by atoms with Gasteiger partial charge in [-0.15, -0.1) is 10.2 Å². The Bertz CT molecular complexity index is 565. The molecule has 0 fully saturated rings. The molecule has 5 heteroatoms. The lowest BCUT2D eigenvalue weighted by Crippen LogP contribution is -1.97. The largest absolute Gasteiger partial charge is 0.207 e. The summed E-state index contributed by atoms with van der Waals surface area (Å²) >= 11 is 11.7. The van der Waals surface area contributed by atoms with Gasteiger partial charge >= 0.3 is 0 Å². The van der Waals surface area contributed by atoms with Crippen molar-refractivity contribution in [2.24, 2.45) is 0 Å². The number of halogens is 3. The minimum Gasteiger partial charge on any atom is -0.207 e. The van der Waals surface area contributed by atoms with Crippen molar-refractivity contribution in [3.05, 3.63) is 45.3 Å². The maximum Gasteiger partial charge on any atom is 0.154 e. The number of benzene rings is 1. The molecule has 2 aromatic rings. The predicted molar refractivity (Wildman–Crippen MR) is 66.9 cm³/mol. The highest BCUT2D eigenvalue weighted by Gasteiger charge is 2.11. The zero-order valence-electron chi connectivity index (χ0n) is 9.26. The summed E-state index contributed by atoms with van der Waals surface area (Å²) in [6, 6.07) is 4.27. The summed E-state index contributed by atoms with van der Waals surface area (Å²) in [6.45, 7) is 3.71. The molecule has 1 aromatic heterocycles. The van der Waals surface area contributed by atoms with Crippen LogP contribution in [0.2, 0.25) is 10.2 Å². The second-order valence-corrected chi connectivity index (χ2v) is 4.54. The van der Waals surface area contributed by atoms with E-state index < -0.39 is 5.82 Å². The van der Waals surface area contributed by atoms with Crippen LogP contribution in [0, 0.1) is 19.7 Å². The van der Waals surface area contributed by atoms with Gasteiger partial charge in [0, 0.05) is 10.6 Å². The Morgan fingerprint density at radius 1 is 1.00 bits per heavy atom. The van der Waals surface area contributed by atoms with Gasteiger partial charge in [0.15, 0.2) is 5.15 Å². The Morgan fingerprint density at radius 2 is 1.71 bits per heavy atom. The maximum absolute atomic E-state index is 13.3. The zero-order valence-corrected chi connectivity index (χ0v) is 10.8. The van der Waals surface area contributed by atoms with Crippen LogP contribution in [0.3, 0.4) is 0 Å². The molecule has 0 saturated heterocycles. The van der Waals surface area contributed by atoms with Crippen LogP contribution in [0.1, 0.15) is 11.1 Å². The third-order valence-corrected chi connectivity index (χ3v) is 3.18. The number of rotatable bonds is 1. The lowest BCUT2D eigenvalue weighted by atomic mass is 10.0. The molecule has 0 amide bonds. The molecule has 0 atom stereocenters. The van der Waals surface area contributed by atoms with Gasteiger partial charge in [-0.1, -0.05) is 23.2 Å². The summed E-state index contributed by atoms with van der Waals surface area (Å²) in [7, 11) is 0. The quantitative estimate of drug-likeness (QED) is 0.776. The monoisotopic (exact) mass is 270 g/mol. The molecule has 2 rings (SSSR count). The fourth-order valence-corrected chi connectivity index (χ4v) is 1.94. The van der Waals surface area contributed by atoms with E-state index in [1.165, 1.54) is 12.1 Å². The molecular formula is C12H9Cl2FN2. The third-order valence-electron chi connectivity index (χ3n) is 2.60. The number of hydrogen-bond donors (Lipinski definition) is 0. The van der Waals surface area contributed by atoms with Crippen molar-refractivity contribution >= 4 is 23.2 Å². The highest BCUT2D eigenvalue weighted by atomic mass is 35.5. The Balaban J connectivity index is 2.64. The molecule has 0 saturated carbocycles. The molecular weight excluding hydrogens is 262 g/mol. The van der Waals surface area contributed by atoms with E-state index >= 15 is 0 Å². The zero-order chi connectivity index (χ0) is 12.6. The first kappa shape index (κ1) is 12.3. The first-order chi connectivity index (χ1) is 7.99. The molecule has 2 nitrogen and oxygen atoms in total. The summed E-state index contributed by atoms with van der Waals surface area (Å²) < 4.78 is 13.3. The van der Waals surface area contributed by atoms with E-state index in [-0.39, 0.29) is 0 Å². The van der Waals surface area contributed by atoms with Crippen LogP contribution in [0.15, 0.2) is 18.2 Å². The summed E-state index contributed by atoms with van der Waals surface area (Å²) in [4.78, 5) is 0. The van der Waals surface area contributed by atoms with Gasteiger partial charge in [0.05, 0.1) is 5.69 Å². The molecule has 0 N–H and O–H groups in total. The number of hydrogen-bond acceptors (Lipinski definition) is 2. The second kappa shape index (κ2) is 4.59. The fraction of sp³-hybridized carbons (Fsp3) is 0.167. The van der Waals surface area contributed by atoms with Crippen LogP contribution in [0.25, 0.3) is 11.3 Å². The van der Waals surface area contributed by atoms with Crippen molar-refractivity contribution in [1.82, 2.24) is 10.2 Å². The Kier molecular flexibility index (Phi) is 3.31. The van der Waals surface area contributed by atoms with Crippen LogP contribution in [-0.2, 0) is 0 Å². The van der Waals surface area contributed by atoms with Crippen molar-refractivity contribution in [3.8, 4) is 11.3 Å². The molecule has 0 aliphatic carbocycles. The Morgan fingerprint density at radius 3 is 2.35 bits per heavy atom. The molecule has 1 heterocycles. The van der Waals surface area contributed by atoms with Gasteiger partial charge in [-0.2, -0.15) is 0 Å². The van der Waals surface area contributed by atoms with Crippen molar-refractivity contribution in [2.75, 3.05) is 0 Å². The lowest BCUT2D eigenvalue weighted by molar-refractivity contribution is 0.628. The number of aromatic nitrogens is 2. The first-order valence-electron chi connectivity index (χ1n) is 4.95. The molecule has 0 unspecified atom stereocenters. The van der Waals surface area contributed by atoms with E-state index in [2.05, 4.69) is 10.2 Å². The lowest BCUT2D eigenvalue weighted by Gasteiger charge is -2.08. The Hall–Kier alpha value is -1.19. The van der Waals surface area contributed by atoms with E-state index in [4.69, 9.17) is 23.2 Å². The molecule has 1 aromatic carbocycles. The smallest absolute Gasteiger partial charge is 0.154 e. The van der Waals surface area contributed by atoms with Crippen LogP contribution < -0.4 is 0 Å². The van der Waals surface area contributed by atoms with Crippen molar-refractivity contribution in [1.29, 1.82) is 0 Å². The summed E-state index contributed by atoms with van der Waals surface area (Å²) in [5.74, 6) is -0.402. The third kappa shape index (κ3) is 2.40. The van der Waals surface area contributed by atoms with Crippen LogP contribution in [0.5, 0.6) is 0 Å². The van der Waals surface area contributed by atoms with Gasteiger partial charge in [-0.05, 0) is 43.2 Å². The topological polar surface area (TPSA) is 25.8 Å². The van der Waals surface area contributed by atoms with E-state index in [9.17, 15) is 4.39 Å². The molecule has 0 spiro atoms. The van der Waals surface area contributed by atoms with Gasteiger partial charge in [-0.25, -0.2) is 4.39 Å². The summed E-state index contributed by atoms with van der Waals surface area (Å²) in [5.41, 5.74) is 2.89. The average Bonchev–Trinajstić information content (AvgIpc) is 2.24. The van der Waals surface area contributed by atoms with Crippen LogP contribution >= 0.6 is 23.2 Å². The van der Waals surface area contributed by atoms with E-state index in [0.717, 1.165) is 11.1 Å². The van der Waals surface area contributed by atoms with Crippen molar-refractivity contribution in [3.63, 3.8) is 0 Å². The summed E-state index contributed by atoms with van der Waals surface area (Å²) in [6.07, 6.45) is 0. The maximum atomic E-state index is 13.3. The normalized spacial score (nSPS) is 10.6. The molecule has 17 heavy (non-hydrogen) atoms. The second-order valence-electron chi connectivity index (χ2n) is 3.75. The molecule has 0 aliphatic rings. The van der Waals surface area contributed by atoms with Crippen LogP contribution in [0.4, 0.5) is 4.39 Å². The molecule has 0 radical (unpaired) electrons. The van der Waals surface area contributed by atoms with Gasteiger partial charge < -0.3 is 0 Å². The molecule has 0 aliphatic heterocycles. The Labute approximate surface area is 108 Å². The first-order valence-corrected chi connectivity index (χ1v) is 5.70. The van der Waals surface area contributed by atoms with E-state index in [1.54, 1.807) is 6.07 Å².